The highest BCUT2D eigenvalue weighted by molar-refractivity contribution is 5.95. The molecule has 0 bridgehead atoms. The summed E-state index contributed by atoms with van der Waals surface area (Å²) < 4.78 is 18.9. The van der Waals surface area contributed by atoms with E-state index < -0.39 is 0 Å². The lowest BCUT2D eigenvalue weighted by atomic mass is 10.1. The van der Waals surface area contributed by atoms with Crippen molar-refractivity contribution in [2.24, 2.45) is 0 Å². The number of rotatable bonds is 6. The Morgan fingerprint density at radius 2 is 1.71 bits per heavy atom. The molecule has 0 radical (unpaired) electrons. The Morgan fingerprint density at radius 3 is 2.32 bits per heavy atom. The molecule has 0 atom stereocenters. The lowest BCUT2D eigenvalue weighted by Crippen LogP contribution is -2.48. The average molecular weight is 426 g/mol. The zero-order valence-electron chi connectivity index (χ0n) is 17.8. The summed E-state index contributed by atoms with van der Waals surface area (Å²) in [4.78, 5) is 30.5. The molecular formula is C24H28FN3O3. The van der Waals surface area contributed by atoms with Gasteiger partial charge in [-0.25, -0.2) is 4.39 Å². The highest BCUT2D eigenvalue weighted by Gasteiger charge is 2.23. The smallest absolute Gasteiger partial charge is 0.227 e. The third-order valence-electron chi connectivity index (χ3n) is 6.02. The van der Waals surface area contributed by atoms with Crippen LogP contribution in [0.2, 0.25) is 0 Å². The zero-order valence-corrected chi connectivity index (χ0v) is 17.8. The van der Waals surface area contributed by atoms with Gasteiger partial charge >= 0.3 is 0 Å². The maximum atomic E-state index is 13.9. The van der Waals surface area contributed by atoms with Crippen molar-refractivity contribution in [3.05, 3.63) is 59.4 Å². The van der Waals surface area contributed by atoms with Crippen LogP contribution < -0.4 is 9.64 Å². The second-order valence-electron chi connectivity index (χ2n) is 8.12. The number of benzene rings is 2. The number of carbonyl (C=O) groups excluding carboxylic acids is 2. The molecule has 2 aromatic rings. The lowest BCUT2D eigenvalue weighted by molar-refractivity contribution is -0.132. The third-order valence-corrected chi connectivity index (χ3v) is 6.02. The van der Waals surface area contributed by atoms with Crippen LogP contribution in [-0.2, 0) is 22.6 Å². The number of nitrogens with zero attached hydrogens (tertiary/aromatic N) is 3. The van der Waals surface area contributed by atoms with Gasteiger partial charge in [0.15, 0.2) is 11.6 Å². The molecule has 2 aliphatic heterocycles. The number of hydrogen-bond acceptors (Lipinski definition) is 4. The van der Waals surface area contributed by atoms with Crippen molar-refractivity contribution in [2.45, 2.75) is 25.8 Å². The Kier molecular flexibility index (Phi) is 6.51. The largest absolute Gasteiger partial charge is 0.494 e. The predicted molar refractivity (Wildman–Crippen MR) is 117 cm³/mol. The Labute approximate surface area is 182 Å². The molecule has 0 aromatic heterocycles. The van der Waals surface area contributed by atoms with E-state index in [1.54, 1.807) is 11.0 Å². The van der Waals surface area contributed by atoms with Gasteiger partial charge in [0, 0.05) is 51.4 Å². The first-order chi connectivity index (χ1) is 15.0. The third kappa shape index (κ3) is 5.05. The Balaban J connectivity index is 1.26. The monoisotopic (exact) mass is 425 g/mol. The first-order valence-electron chi connectivity index (χ1n) is 10.8. The lowest BCUT2D eigenvalue weighted by Gasteiger charge is -2.35. The van der Waals surface area contributed by atoms with Crippen LogP contribution in [-0.4, -0.2) is 61.4 Å². The van der Waals surface area contributed by atoms with E-state index in [-0.39, 0.29) is 23.4 Å². The van der Waals surface area contributed by atoms with Gasteiger partial charge in [0.05, 0.1) is 13.5 Å². The van der Waals surface area contributed by atoms with Crippen molar-refractivity contribution >= 4 is 17.5 Å². The van der Waals surface area contributed by atoms with E-state index in [1.165, 1.54) is 13.2 Å². The highest BCUT2D eigenvalue weighted by atomic mass is 19.1. The van der Waals surface area contributed by atoms with Crippen LogP contribution in [0.1, 0.15) is 24.0 Å². The van der Waals surface area contributed by atoms with Crippen LogP contribution in [0.25, 0.3) is 0 Å². The second kappa shape index (κ2) is 9.47. The average Bonchev–Trinajstić information content (AvgIpc) is 3.21. The number of amides is 2. The van der Waals surface area contributed by atoms with E-state index in [4.69, 9.17) is 4.74 Å². The molecule has 31 heavy (non-hydrogen) atoms. The van der Waals surface area contributed by atoms with Crippen LogP contribution in [0.3, 0.4) is 0 Å². The molecule has 2 amide bonds. The maximum Gasteiger partial charge on any atom is 0.227 e. The Morgan fingerprint density at radius 1 is 1.00 bits per heavy atom. The molecule has 4 rings (SSSR count). The number of methoxy groups -OCH3 is 1. The molecule has 0 N–H and O–H groups in total. The fourth-order valence-electron chi connectivity index (χ4n) is 4.22. The standard InChI is InChI=1S/C24H28FN3O3/c1-31-22-9-6-19(15-21(22)25)17-26-11-13-27(14-12-26)24(30)16-18-4-7-20(8-5-18)28-10-2-3-23(28)29/h4-9,15H,2-3,10-14,16-17H2,1H3. The van der Waals surface area contributed by atoms with E-state index >= 15 is 0 Å². The molecule has 2 aliphatic rings. The van der Waals surface area contributed by atoms with Crippen molar-refractivity contribution in [3.8, 4) is 5.75 Å². The molecule has 6 nitrogen and oxygen atoms in total. The number of anilines is 1. The van der Waals surface area contributed by atoms with Gasteiger partial charge in [-0.1, -0.05) is 18.2 Å². The minimum atomic E-state index is -0.353. The fraction of sp³-hybridized carbons (Fsp3) is 0.417. The minimum absolute atomic E-state index is 0.111. The number of ether oxygens (including phenoxy) is 1. The molecule has 164 valence electrons. The molecule has 0 saturated carbocycles. The van der Waals surface area contributed by atoms with Gasteiger partial charge in [-0.3, -0.25) is 14.5 Å². The molecule has 0 unspecified atom stereocenters. The fourth-order valence-corrected chi connectivity index (χ4v) is 4.22. The molecule has 2 saturated heterocycles. The zero-order chi connectivity index (χ0) is 21.8. The van der Waals surface area contributed by atoms with Crippen LogP contribution in [0.5, 0.6) is 5.75 Å². The van der Waals surface area contributed by atoms with Gasteiger partial charge in [0.2, 0.25) is 11.8 Å². The summed E-state index contributed by atoms with van der Waals surface area (Å²) in [5, 5.41) is 0. The van der Waals surface area contributed by atoms with E-state index in [0.29, 0.717) is 32.5 Å². The van der Waals surface area contributed by atoms with Crippen molar-refractivity contribution in [1.29, 1.82) is 0 Å². The van der Waals surface area contributed by atoms with Crippen molar-refractivity contribution < 1.29 is 18.7 Å². The number of carbonyl (C=O) groups is 2. The van der Waals surface area contributed by atoms with E-state index in [2.05, 4.69) is 4.90 Å². The summed E-state index contributed by atoms with van der Waals surface area (Å²) in [6.45, 7) is 4.27. The molecular weight excluding hydrogens is 397 g/mol. The van der Waals surface area contributed by atoms with Gasteiger partial charge in [-0.05, 0) is 41.8 Å². The summed E-state index contributed by atoms with van der Waals surface area (Å²) in [7, 11) is 1.46. The quantitative estimate of drug-likeness (QED) is 0.714. The minimum Gasteiger partial charge on any atom is -0.494 e. The van der Waals surface area contributed by atoms with Crippen LogP contribution >= 0.6 is 0 Å². The summed E-state index contributed by atoms with van der Waals surface area (Å²) >= 11 is 0. The topological polar surface area (TPSA) is 53.1 Å². The van der Waals surface area contributed by atoms with Crippen LogP contribution in [0, 0.1) is 5.82 Å². The number of hydrogen-bond donors (Lipinski definition) is 0. The van der Waals surface area contributed by atoms with Crippen LogP contribution in [0.15, 0.2) is 42.5 Å². The molecule has 2 heterocycles. The normalized spacial score (nSPS) is 17.3. The second-order valence-corrected chi connectivity index (χ2v) is 8.12. The Hall–Kier alpha value is -2.93. The van der Waals surface area contributed by atoms with Gasteiger partial charge in [-0.2, -0.15) is 0 Å². The van der Waals surface area contributed by atoms with Gasteiger partial charge in [0.25, 0.3) is 0 Å². The number of piperazine rings is 1. The van der Waals surface area contributed by atoms with E-state index in [0.717, 1.165) is 42.9 Å². The first kappa shape index (κ1) is 21.3. The van der Waals surface area contributed by atoms with Gasteiger partial charge < -0.3 is 14.5 Å². The summed E-state index contributed by atoms with van der Waals surface area (Å²) in [5.41, 5.74) is 2.76. The van der Waals surface area contributed by atoms with Crippen molar-refractivity contribution in [1.82, 2.24) is 9.80 Å². The van der Waals surface area contributed by atoms with Gasteiger partial charge in [-0.15, -0.1) is 0 Å². The molecule has 0 aliphatic carbocycles. The first-order valence-corrected chi connectivity index (χ1v) is 10.8. The highest BCUT2D eigenvalue weighted by Crippen LogP contribution is 2.22. The van der Waals surface area contributed by atoms with Crippen molar-refractivity contribution in [2.75, 3.05) is 44.7 Å². The number of halogens is 1. The van der Waals surface area contributed by atoms with E-state index in [1.807, 2.05) is 35.2 Å². The van der Waals surface area contributed by atoms with Crippen LogP contribution in [0.4, 0.5) is 10.1 Å². The predicted octanol–water partition coefficient (Wildman–Crippen LogP) is 2.85. The summed E-state index contributed by atoms with van der Waals surface area (Å²) in [6.07, 6.45) is 1.87. The maximum absolute atomic E-state index is 13.9. The summed E-state index contributed by atoms with van der Waals surface area (Å²) in [5.74, 6) is 0.173. The van der Waals surface area contributed by atoms with Gasteiger partial charge in [0.1, 0.15) is 0 Å². The molecule has 2 fully saturated rings. The SMILES string of the molecule is COc1ccc(CN2CCN(C(=O)Cc3ccc(N4CCCC4=O)cc3)CC2)cc1F. The Bertz CT molecular complexity index is 940. The summed E-state index contributed by atoms with van der Waals surface area (Å²) in [6, 6.07) is 12.8. The van der Waals surface area contributed by atoms with Crippen molar-refractivity contribution in [3.63, 3.8) is 0 Å². The molecule has 2 aromatic carbocycles. The molecule has 7 heteroatoms. The van der Waals surface area contributed by atoms with E-state index in [9.17, 15) is 14.0 Å². The molecule has 0 spiro atoms.